The molecule has 1 atom stereocenters. The van der Waals surface area contributed by atoms with Gasteiger partial charge in [0.1, 0.15) is 6.04 Å². The van der Waals surface area contributed by atoms with Crippen LogP contribution in [0.5, 0.6) is 0 Å². The van der Waals surface area contributed by atoms with Crippen molar-refractivity contribution in [2.75, 3.05) is 36.2 Å². The minimum absolute atomic E-state index is 0.0128. The molecule has 2 aromatic carbocycles. The van der Waals surface area contributed by atoms with Gasteiger partial charge in [-0.15, -0.1) is 0 Å². The summed E-state index contributed by atoms with van der Waals surface area (Å²) in [5.41, 5.74) is 4.14. The van der Waals surface area contributed by atoms with Gasteiger partial charge in [0.2, 0.25) is 17.7 Å². The maximum atomic E-state index is 12.8. The minimum Gasteiger partial charge on any atom is -0.348 e. The summed E-state index contributed by atoms with van der Waals surface area (Å²) in [6.45, 7) is 3.93. The van der Waals surface area contributed by atoms with Crippen molar-refractivity contribution >= 4 is 34.8 Å². The second-order valence-electron chi connectivity index (χ2n) is 7.51. The summed E-state index contributed by atoms with van der Waals surface area (Å²) in [5, 5.41) is 5.73. The molecule has 0 radical (unpaired) electrons. The number of nitrogens with one attached hydrogen (secondary N) is 2. The molecule has 2 aromatic rings. The van der Waals surface area contributed by atoms with Crippen LogP contribution >= 0.6 is 0 Å². The largest absolute Gasteiger partial charge is 0.348 e. The van der Waals surface area contributed by atoms with Gasteiger partial charge in [-0.05, 0) is 37.6 Å². The normalized spacial score (nSPS) is 15.4. The Hall–Kier alpha value is -3.35. The molecular weight excluding hydrogens is 368 g/mol. The molecule has 7 nitrogen and oxygen atoms in total. The smallest absolute Gasteiger partial charge is 0.247 e. The zero-order chi connectivity index (χ0) is 21.1. The Morgan fingerprint density at radius 1 is 1.14 bits per heavy atom. The Labute approximate surface area is 170 Å². The number of hydrogen-bond acceptors (Lipinski definition) is 4. The predicted octanol–water partition coefficient (Wildman–Crippen LogP) is 2.55. The summed E-state index contributed by atoms with van der Waals surface area (Å²) >= 11 is 0. The number of benzene rings is 2. The van der Waals surface area contributed by atoms with Gasteiger partial charge in [0.15, 0.2) is 0 Å². The van der Waals surface area contributed by atoms with Crippen LogP contribution in [0.25, 0.3) is 0 Å². The van der Waals surface area contributed by atoms with Crippen LogP contribution in [-0.4, -0.2) is 49.3 Å². The number of hydrogen-bond donors (Lipinski definition) is 2. The van der Waals surface area contributed by atoms with Crippen molar-refractivity contribution in [3.63, 3.8) is 0 Å². The summed E-state index contributed by atoms with van der Waals surface area (Å²) in [6, 6.07) is 12.3. The van der Waals surface area contributed by atoms with Crippen molar-refractivity contribution < 1.29 is 14.4 Å². The Bertz CT molecular complexity index is 955. The van der Waals surface area contributed by atoms with Gasteiger partial charge in [-0.2, -0.15) is 0 Å². The monoisotopic (exact) mass is 394 g/mol. The first-order valence-corrected chi connectivity index (χ1v) is 9.50. The molecule has 0 spiro atoms. The number of fused-ring (bicyclic) bond motifs is 1. The van der Waals surface area contributed by atoms with E-state index < -0.39 is 6.04 Å². The number of carbonyl (C=O) groups is 3. The van der Waals surface area contributed by atoms with Gasteiger partial charge in [-0.1, -0.05) is 29.8 Å². The lowest BCUT2D eigenvalue weighted by molar-refractivity contribution is -0.128. The first-order valence-electron chi connectivity index (χ1n) is 9.50. The molecule has 3 amide bonds. The summed E-state index contributed by atoms with van der Waals surface area (Å²) in [6.07, 6.45) is -0.0613. The van der Waals surface area contributed by atoms with E-state index in [1.165, 1.54) is 4.90 Å². The van der Waals surface area contributed by atoms with E-state index in [2.05, 4.69) is 10.6 Å². The van der Waals surface area contributed by atoms with E-state index in [0.717, 1.165) is 16.8 Å². The molecule has 0 bridgehead atoms. The van der Waals surface area contributed by atoms with Gasteiger partial charge in [0, 0.05) is 19.8 Å². The van der Waals surface area contributed by atoms with Gasteiger partial charge < -0.3 is 20.4 Å². The molecule has 29 heavy (non-hydrogen) atoms. The van der Waals surface area contributed by atoms with Crippen molar-refractivity contribution in [1.29, 1.82) is 0 Å². The molecule has 1 unspecified atom stereocenters. The summed E-state index contributed by atoms with van der Waals surface area (Å²) in [5.74, 6) is -0.723. The molecule has 0 aliphatic carbocycles. The molecule has 152 valence electrons. The van der Waals surface area contributed by atoms with Crippen molar-refractivity contribution in [2.24, 2.45) is 0 Å². The number of nitrogens with zero attached hydrogens (tertiary/aromatic N) is 2. The molecule has 1 heterocycles. The maximum absolute atomic E-state index is 12.8. The number of carbonyl (C=O) groups excluding carboxylic acids is 3. The van der Waals surface area contributed by atoms with E-state index in [9.17, 15) is 14.4 Å². The van der Waals surface area contributed by atoms with E-state index in [0.29, 0.717) is 11.4 Å². The molecule has 0 aromatic heterocycles. The third-order valence-electron chi connectivity index (χ3n) is 4.99. The second-order valence-corrected chi connectivity index (χ2v) is 7.51. The number of para-hydroxylation sites is 2. The van der Waals surface area contributed by atoms with Gasteiger partial charge >= 0.3 is 0 Å². The molecule has 3 rings (SSSR count). The van der Waals surface area contributed by atoms with Crippen LogP contribution in [0.15, 0.2) is 42.5 Å². The van der Waals surface area contributed by atoms with Crippen LogP contribution in [0.2, 0.25) is 0 Å². The van der Waals surface area contributed by atoms with Crippen LogP contribution in [0.4, 0.5) is 17.1 Å². The average molecular weight is 394 g/mol. The zero-order valence-electron chi connectivity index (χ0n) is 17.2. The first kappa shape index (κ1) is 20.4. The molecule has 0 fully saturated rings. The average Bonchev–Trinajstić information content (AvgIpc) is 2.66. The minimum atomic E-state index is -0.778. The highest BCUT2D eigenvalue weighted by Crippen LogP contribution is 2.33. The lowest BCUT2D eigenvalue weighted by Gasteiger charge is -2.37. The third kappa shape index (κ3) is 4.56. The van der Waals surface area contributed by atoms with Gasteiger partial charge in [0.25, 0.3) is 0 Å². The third-order valence-corrected chi connectivity index (χ3v) is 4.99. The van der Waals surface area contributed by atoms with E-state index in [4.69, 9.17) is 0 Å². The topological polar surface area (TPSA) is 81.8 Å². The Balaban J connectivity index is 1.83. The highest BCUT2D eigenvalue weighted by Gasteiger charge is 2.35. The summed E-state index contributed by atoms with van der Waals surface area (Å²) < 4.78 is 0. The zero-order valence-corrected chi connectivity index (χ0v) is 17.2. The van der Waals surface area contributed by atoms with Crippen LogP contribution in [-0.2, 0) is 14.4 Å². The Morgan fingerprint density at radius 3 is 2.55 bits per heavy atom. The number of anilines is 3. The van der Waals surface area contributed by atoms with Gasteiger partial charge in [0.05, 0.1) is 24.3 Å². The van der Waals surface area contributed by atoms with E-state index >= 15 is 0 Å². The number of rotatable bonds is 5. The van der Waals surface area contributed by atoms with Crippen LogP contribution in [0.3, 0.4) is 0 Å². The molecule has 0 saturated heterocycles. The van der Waals surface area contributed by atoms with Crippen molar-refractivity contribution in [3.8, 4) is 0 Å². The SMILES string of the molecule is Cc1ccc(NC(=O)CC2C(=O)Nc3ccccc3N2CC(=O)N(C)C)c(C)c1. The fourth-order valence-electron chi connectivity index (χ4n) is 3.37. The quantitative estimate of drug-likeness (QED) is 0.817. The van der Waals surface area contributed by atoms with Crippen LogP contribution < -0.4 is 15.5 Å². The van der Waals surface area contributed by atoms with E-state index in [1.807, 2.05) is 50.2 Å². The fourth-order valence-corrected chi connectivity index (χ4v) is 3.37. The van der Waals surface area contributed by atoms with Gasteiger partial charge in [-0.25, -0.2) is 0 Å². The molecular formula is C22H26N4O3. The predicted molar refractivity (Wildman–Crippen MR) is 114 cm³/mol. The summed E-state index contributed by atoms with van der Waals surface area (Å²) in [4.78, 5) is 41.0. The number of aryl methyl sites for hydroxylation is 2. The Morgan fingerprint density at radius 2 is 1.86 bits per heavy atom. The second kappa shape index (κ2) is 8.34. The Kier molecular flexibility index (Phi) is 5.87. The van der Waals surface area contributed by atoms with E-state index in [-0.39, 0.29) is 30.7 Å². The van der Waals surface area contributed by atoms with Crippen molar-refractivity contribution in [2.45, 2.75) is 26.3 Å². The number of likely N-dealkylation sites (N-methyl/N-ethyl adjacent to an activating group) is 1. The molecule has 2 N–H and O–H groups in total. The molecule has 0 saturated carbocycles. The molecule has 1 aliphatic rings. The van der Waals surface area contributed by atoms with Crippen LogP contribution in [0.1, 0.15) is 17.5 Å². The van der Waals surface area contributed by atoms with E-state index in [1.54, 1.807) is 25.1 Å². The lowest BCUT2D eigenvalue weighted by atomic mass is 10.0. The first-order chi connectivity index (χ1) is 13.8. The van der Waals surface area contributed by atoms with Gasteiger partial charge in [-0.3, -0.25) is 14.4 Å². The van der Waals surface area contributed by atoms with Crippen molar-refractivity contribution in [3.05, 3.63) is 53.6 Å². The fraction of sp³-hybridized carbons (Fsp3) is 0.318. The number of amides is 3. The lowest BCUT2D eigenvalue weighted by Crippen LogP contribution is -2.52. The molecule has 1 aliphatic heterocycles. The summed E-state index contributed by atoms with van der Waals surface area (Å²) in [7, 11) is 3.33. The van der Waals surface area contributed by atoms with Crippen LogP contribution in [0, 0.1) is 13.8 Å². The van der Waals surface area contributed by atoms with Crippen molar-refractivity contribution in [1.82, 2.24) is 4.90 Å². The highest BCUT2D eigenvalue weighted by atomic mass is 16.2. The highest BCUT2D eigenvalue weighted by molar-refractivity contribution is 6.07. The standard InChI is InChI=1S/C22H26N4O3/c1-14-9-10-16(15(2)11-14)23-20(27)12-19-22(29)24-17-7-5-6-8-18(17)26(19)13-21(28)25(3)4/h5-11,19H,12-13H2,1-4H3,(H,23,27)(H,24,29). The maximum Gasteiger partial charge on any atom is 0.247 e. The molecule has 7 heteroatoms.